The average Bonchev–Trinajstić information content (AvgIpc) is 2.73. The van der Waals surface area contributed by atoms with Gasteiger partial charge >= 0.3 is 0 Å². The fourth-order valence-corrected chi connectivity index (χ4v) is 3.07. The van der Waals surface area contributed by atoms with Crippen molar-refractivity contribution in [1.82, 2.24) is 4.90 Å². The number of carbonyl (C=O) groups excluding carboxylic acids is 1. The van der Waals surface area contributed by atoms with Crippen molar-refractivity contribution in [2.75, 3.05) is 19.3 Å². The van der Waals surface area contributed by atoms with E-state index in [0.29, 0.717) is 27.9 Å². The first-order valence-corrected chi connectivity index (χ1v) is 7.13. The molecule has 0 aliphatic carbocycles. The van der Waals surface area contributed by atoms with Gasteiger partial charge in [0.1, 0.15) is 10.7 Å². The third kappa shape index (κ3) is 2.76. The number of aliphatic hydroxyl groups excluding tert-OH is 1. The second kappa shape index (κ2) is 5.76. The molecule has 1 heterocycles. The van der Waals surface area contributed by atoms with E-state index in [2.05, 4.69) is 0 Å². The zero-order chi connectivity index (χ0) is 14.9. The molecule has 0 saturated heterocycles. The Labute approximate surface area is 120 Å². The van der Waals surface area contributed by atoms with Gasteiger partial charge in [-0.2, -0.15) is 0 Å². The smallest absolute Gasteiger partial charge is 0.265 e. The highest BCUT2D eigenvalue weighted by Gasteiger charge is 2.21. The van der Waals surface area contributed by atoms with Crippen LogP contribution in [0.3, 0.4) is 0 Å². The predicted octanol–water partition coefficient (Wildman–Crippen LogP) is 2.47. The fraction of sp³-hybridized carbons (Fsp3) is 0.357. The largest absolute Gasteiger partial charge is 0.397 e. The molecule has 3 N–H and O–H groups in total. The number of thiophene rings is 1. The fourth-order valence-electron chi connectivity index (χ4n) is 1.94. The van der Waals surface area contributed by atoms with E-state index in [4.69, 9.17) is 5.73 Å². The van der Waals surface area contributed by atoms with Gasteiger partial charge in [-0.1, -0.05) is 6.07 Å². The summed E-state index contributed by atoms with van der Waals surface area (Å²) in [5, 5.41) is 9.56. The second-order valence-electron chi connectivity index (χ2n) is 4.82. The molecule has 1 amide bonds. The maximum Gasteiger partial charge on any atom is 0.265 e. The minimum Gasteiger partial charge on any atom is -0.397 e. The number of halogens is 1. The quantitative estimate of drug-likeness (QED) is 0.911. The van der Waals surface area contributed by atoms with Crippen LogP contribution in [-0.2, 0) is 0 Å². The van der Waals surface area contributed by atoms with Crippen molar-refractivity contribution in [1.29, 1.82) is 0 Å². The number of hydrogen-bond donors (Lipinski definition) is 2. The van der Waals surface area contributed by atoms with Crippen LogP contribution in [-0.4, -0.2) is 35.6 Å². The maximum absolute atomic E-state index is 13.7. The van der Waals surface area contributed by atoms with Crippen LogP contribution < -0.4 is 5.73 Å². The van der Waals surface area contributed by atoms with Gasteiger partial charge in [-0.3, -0.25) is 4.79 Å². The van der Waals surface area contributed by atoms with Crippen LogP contribution in [0, 0.1) is 5.82 Å². The van der Waals surface area contributed by atoms with Gasteiger partial charge in [0, 0.05) is 18.3 Å². The van der Waals surface area contributed by atoms with Gasteiger partial charge in [0.2, 0.25) is 0 Å². The summed E-state index contributed by atoms with van der Waals surface area (Å²) in [5.74, 6) is -0.661. The van der Waals surface area contributed by atoms with E-state index in [-0.39, 0.29) is 11.6 Å². The lowest BCUT2D eigenvalue weighted by atomic mass is 10.2. The molecule has 0 saturated carbocycles. The van der Waals surface area contributed by atoms with Crippen molar-refractivity contribution in [3.05, 3.63) is 28.9 Å². The highest BCUT2D eigenvalue weighted by Crippen LogP contribution is 2.35. The van der Waals surface area contributed by atoms with Gasteiger partial charge in [-0.25, -0.2) is 4.39 Å². The van der Waals surface area contributed by atoms with Crippen molar-refractivity contribution < 1.29 is 14.3 Å². The molecule has 4 nitrogen and oxygen atoms in total. The summed E-state index contributed by atoms with van der Waals surface area (Å²) in [4.78, 5) is 14.1. The van der Waals surface area contributed by atoms with E-state index in [9.17, 15) is 14.3 Å². The predicted molar refractivity (Wildman–Crippen MR) is 79.5 cm³/mol. The van der Waals surface area contributed by atoms with Crippen LogP contribution >= 0.6 is 11.3 Å². The minimum atomic E-state index is -0.470. The van der Waals surface area contributed by atoms with Crippen molar-refractivity contribution in [3.8, 4) is 0 Å². The molecule has 20 heavy (non-hydrogen) atoms. The van der Waals surface area contributed by atoms with Crippen LogP contribution in [0.5, 0.6) is 0 Å². The van der Waals surface area contributed by atoms with Crippen LogP contribution in [0.15, 0.2) is 18.2 Å². The van der Waals surface area contributed by atoms with E-state index in [1.807, 2.05) is 0 Å². The number of nitrogens with zero attached hydrogens (tertiary/aromatic N) is 1. The Bertz CT molecular complexity index is 639. The van der Waals surface area contributed by atoms with Crippen LogP contribution in [0.25, 0.3) is 10.1 Å². The summed E-state index contributed by atoms with van der Waals surface area (Å²) >= 11 is 1.19. The molecule has 2 rings (SSSR count). The molecule has 0 fully saturated rings. The molecule has 1 aromatic carbocycles. The van der Waals surface area contributed by atoms with Crippen LogP contribution in [0.2, 0.25) is 0 Å². The summed E-state index contributed by atoms with van der Waals surface area (Å²) in [7, 11) is 1.64. The van der Waals surface area contributed by atoms with E-state index >= 15 is 0 Å². The molecule has 108 valence electrons. The first kappa shape index (κ1) is 14.7. The summed E-state index contributed by atoms with van der Waals surface area (Å²) in [6.07, 6.45) is 0.0175. The van der Waals surface area contributed by atoms with E-state index in [1.165, 1.54) is 22.3 Å². The zero-order valence-corrected chi connectivity index (χ0v) is 12.2. The van der Waals surface area contributed by atoms with Crippen LogP contribution in [0.4, 0.5) is 10.1 Å². The van der Waals surface area contributed by atoms with E-state index in [1.54, 1.807) is 26.1 Å². The minimum absolute atomic E-state index is 0.192. The molecular formula is C14H17FN2O2S. The number of benzene rings is 1. The first-order valence-electron chi connectivity index (χ1n) is 6.31. The molecule has 0 radical (unpaired) electrons. The lowest BCUT2D eigenvalue weighted by Crippen LogP contribution is -2.29. The Morgan fingerprint density at radius 1 is 1.55 bits per heavy atom. The Hall–Kier alpha value is -1.66. The molecular weight excluding hydrogens is 279 g/mol. The zero-order valence-electron chi connectivity index (χ0n) is 11.4. The highest BCUT2D eigenvalue weighted by atomic mass is 32.1. The number of amides is 1. The van der Waals surface area contributed by atoms with Gasteiger partial charge < -0.3 is 15.7 Å². The van der Waals surface area contributed by atoms with Gasteiger partial charge in [-0.05, 0) is 25.5 Å². The first-order chi connectivity index (χ1) is 9.41. The Kier molecular flexibility index (Phi) is 4.25. The SMILES string of the molecule is CC(O)CCN(C)C(=O)c1sc2cccc(F)c2c1N. The highest BCUT2D eigenvalue weighted by molar-refractivity contribution is 7.21. The third-order valence-corrected chi connectivity index (χ3v) is 4.28. The number of fused-ring (bicyclic) bond motifs is 1. The number of hydrogen-bond acceptors (Lipinski definition) is 4. The normalized spacial score (nSPS) is 12.6. The number of nitrogen functional groups attached to an aromatic ring is 1. The number of anilines is 1. The number of rotatable bonds is 4. The average molecular weight is 296 g/mol. The monoisotopic (exact) mass is 296 g/mol. The van der Waals surface area contributed by atoms with Crippen molar-refractivity contribution in [3.63, 3.8) is 0 Å². The molecule has 0 bridgehead atoms. The van der Waals surface area contributed by atoms with Crippen molar-refractivity contribution in [2.24, 2.45) is 0 Å². The molecule has 2 aromatic rings. The van der Waals surface area contributed by atoms with Crippen LogP contribution in [0.1, 0.15) is 23.0 Å². The molecule has 1 unspecified atom stereocenters. The van der Waals surface area contributed by atoms with Crippen molar-refractivity contribution >= 4 is 33.0 Å². The van der Waals surface area contributed by atoms with Gasteiger partial charge in [0.05, 0.1) is 17.2 Å². The Balaban J connectivity index is 2.31. The molecule has 1 atom stereocenters. The van der Waals surface area contributed by atoms with Gasteiger partial charge in [-0.15, -0.1) is 11.3 Å². The Morgan fingerprint density at radius 3 is 2.85 bits per heavy atom. The second-order valence-corrected chi connectivity index (χ2v) is 5.87. The third-order valence-electron chi connectivity index (χ3n) is 3.12. The van der Waals surface area contributed by atoms with E-state index < -0.39 is 11.9 Å². The topological polar surface area (TPSA) is 66.6 Å². The standard InChI is InChI=1S/C14H17FN2O2S/c1-8(18)6-7-17(2)14(19)13-12(16)11-9(15)4-3-5-10(11)20-13/h3-5,8,18H,6-7,16H2,1-2H3. The number of aliphatic hydroxyl groups is 1. The lowest BCUT2D eigenvalue weighted by molar-refractivity contribution is 0.0774. The Morgan fingerprint density at radius 2 is 2.25 bits per heavy atom. The summed E-state index contributed by atoms with van der Waals surface area (Å²) in [5.41, 5.74) is 6.10. The van der Waals surface area contributed by atoms with Gasteiger partial charge in [0.15, 0.2) is 0 Å². The molecule has 1 aromatic heterocycles. The maximum atomic E-state index is 13.7. The summed E-state index contributed by atoms with van der Waals surface area (Å²) in [6.45, 7) is 2.09. The molecule has 6 heteroatoms. The molecule has 0 spiro atoms. The van der Waals surface area contributed by atoms with Crippen molar-refractivity contribution in [2.45, 2.75) is 19.4 Å². The molecule has 0 aliphatic rings. The number of nitrogens with two attached hydrogens (primary N) is 1. The molecule has 0 aliphatic heterocycles. The van der Waals surface area contributed by atoms with Gasteiger partial charge in [0.25, 0.3) is 5.91 Å². The van der Waals surface area contributed by atoms with E-state index in [0.717, 1.165) is 0 Å². The summed E-state index contributed by atoms with van der Waals surface area (Å²) in [6, 6.07) is 4.67. The summed E-state index contributed by atoms with van der Waals surface area (Å²) < 4.78 is 14.4. The number of carbonyl (C=O) groups is 1. The lowest BCUT2D eigenvalue weighted by Gasteiger charge is -2.17.